The van der Waals surface area contributed by atoms with Gasteiger partial charge in [-0.05, 0) is 56.2 Å². The van der Waals surface area contributed by atoms with Crippen molar-refractivity contribution in [3.63, 3.8) is 0 Å². The lowest BCUT2D eigenvalue weighted by Crippen LogP contribution is -2.26. The highest BCUT2D eigenvalue weighted by Crippen LogP contribution is 2.18. The van der Waals surface area contributed by atoms with E-state index in [0.717, 1.165) is 0 Å². The number of halogens is 1. The van der Waals surface area contributed by atoms with E-state index in [1.807, 2.05) is 13.0 Å². The normalized spacial score (nSPS) is 10.3. The highest BCUT2D eigenvalue weighted by atomic mass is 19.1. The zero-order valence-corrected chi connectivity index (χ0v) is 15.0. The van der Waals surface area contributed by atoms with Crippen LogP contribution in [0.5, 0.6) is 5.75 Å². The zero-order valence-electron chi connectivity index (χ0n) is 15.0. The highest BCUT2D eigenvalue weighted by Gasteiger charge is 2.11. The van der Waals surface area contributed by atoms with Crippen molar-refractivity contribution in [2.45, 2.75) is 26.7 Å². The Hall–Kier alpha value is -2.89. The zero-order chi connectivity index (χ0) is 18.9. The third-order valence-electron chi connectivity index (χ3n) is 3.76. The molecule has 0 aliphatic heterocycles. The van der Waals surface area contributed by atoms with Gasteiger partial charge in [-0.2, -0.15) is 0 Å². The monoisotopic (exact) mass is 358 g/mol. The fourth-order valence-electron chi connectivity index (χ4n) is 2.46. The number of ether oxygens (including phenoxy) is 1. The standard InChI is InChI=1S/C20H23FN2O3/c1-3-26-18-8-5-4-7-16(18)20(25)22-12-6-9-19(24)23-17-11-10-15(21)13-14(17)2/h4-5,7-8,10-11,13H,3,6,9,12H2,1-2H3,(H,22,25)(H,23,24). The summed E-state index contributed by atoms with van der Waals surface area (Å²) in [6.45, 7) is 4.44. The van der Waals surface area contributed by atoms with Crippen molar-refractivity contribution in [1.82, 2.24) is 5.32 Å². The molecule has 0 spiro atoms. The Labute approximate surface area is 152 Å². The van der Waals surface area contributed by atoms with E-state index in [1.165, 1.54) is 18.2 Å². The van der Waals surface area contributed by atoms with E-state index >= 15 is 0 Å². The third-order valence-corrected chi connectivity index (χ3v) is 3.76. The van der Waals surface area contributed by atoms with Crippen molar-refractivity contribution in [2.24, 2.45) is 0 Å². The first-order chi connectivity index (χ1) is 12.5. The molecule has 0 saturated heterocycles. The maximum atomic E-state index is 13.1. The van der Waals surface area contributed by atoms with Gasteiger partial charge in [-0.1, -0.05) is 12.1 Å². The van der Waals surface area contributed by atoms with Gasteiger partial charge in [0.1, 0.15) is 11.6 Å². The highest BCUT2D eigenvalue weighted by molar-refractivity contribution is 5.97. The number of para-hydroxylation sites is 1. The molecule has 2 aromatic rings. The molecular formula is C20H23FN2O3. The minimum atomic E-state index is -0.337. The van der Waals surface area contributed by atoms with Crippen molar-refractivity contribution >= 4 is 17.5 Å². The smallest absolute Gasteiger partial charge is 0.255 e. The molecule has 6 heteroatoms. The van der Waals surface area contributed by atoms with Crippen LogP contribution < -0.4 is 15.4 Å². The Morgan fingerprint density at radius 2 is 1.92 bits per heavy atom. The lowest BCUT2D eigenvalue weighted by molar-refractivity contribution is -0.116. The van der Waals surface area contributed by atoms with Gasteiger partial charge in [-0.15, -0.1) is 0 Å². The van der Waals surface area contributed by atoms with E-state index < -0.39 is 0 Å². The number of aryl methyl sites for hydroxylation is 1. The minimum absolute atomic E-state index is 0.177. The van der Waals surface area contributed by atoms with Gasteiger partial charge < -0.3 is 15.4 Å². The van der Waals surface area contributed by atoms with Crippen molar-refractivity contribution in [3.8, 4) is 5.75 Å². The van der Waals surface area contributed by atoms with E-state index in [1.54, 1.807) is 25.1 Å². The van der Waals surface area contributed by atoms with Crippen LogP contribution in [-0.2, 0) is 4.79 Å². The first-order valence-electron chi connectivity index (χ1n) is 8.57. The summed E-state index contributed by atoms with van der Waals surface area (Å²) in [5, 5.41) is 5.53. The van der Waals surface area contributed by atoms with Crippen molar-refractivity contribution < 1.29 is 18.7 Å². The number of amides is 2. The molecule has 2 rings (SSSR count). The summed E-state index contributed by atoms with van der Waals surface area (Å²) in [5.41, 5.74) is 1.73. The van der Waals surface area contributed by atoms with Gasteiger partial charge in [-0.3, -0.25) is 9.59 Å². The van der Waals surface area contributed by atoms with Crippen LogP contribution in [0.2, 0.25) is 0 Å². The number of carbonyl (C=O) groups excluding carboxylic acids is 2. The Balaban J connectivity index is 1.78. The van der Waals surface area contributed by atoms with Gasteiger partial charge in [0.25, 0.3) is 5.91 Å². The minimum Gasteiger partial charge on any atom is -0.493 e. The molecule has 2 amide bonds. The topological polar surface area (TPSA) is 67.4 Å². The van der Waals surface area contributed by atoms with E-state index in [-0.39, 0.29) is 24.1 Å². The molecule has 0 heterocycles. The van der Waals surface area contributed by atoms with Gasteiger partial charge in [0.05, 0.1) is 12.2 Å². The van der Waals surface area contributed by atoms with Crippen molar-refractivity contribution in [2.75, 3.05) is 18.5 Å². The van der Waals surface area contributed by atoms with Gasteiger partial charge in [0.2, 0.25) is 5.91 Å². The van der Waals surface area contributed by atoms with E-state index in [9.17, 15) is 14.0 Å². The summed E-state index contributed by atoms with van der Waals surface area (Å²) in [6, 6.07) is 11.2. The number of carbonyl (C=O) groups is 2. The van der Waals surface area contributed by atoms with Crippen LogP contribution in [0.4, 0.5) is 10.1 Å². The van der Waals surface area contributed by atoms with Crippen LogP contribution in [0.15, 0.2) is 42.5 Å². The van der Waals surface area contributed by atoms with E-state index in [2.05, 4.69) is 10.6 Å². The average molecular weight is 358 g/mol. The fourth-order valence-corrected chi connectivity index (χ4v) is 2.46. The molecule has 2 aromatic carbocycles. The Bertz CT molecular complexity index is 777. The second kappa shape index (κ2) is 9.56. The summed E-state index contributed by atoms with van der Waals surface area (Å²) in [4.78, 5) is 24.2. The molecule has 5 nitrogen and oxygen atoms in total. The number of hydrogen-bond donors (Lipinski definition) is 2. The number of rotatable bonds is 8. The van der Waals surface area contributed by atoms with Crippen molar-refractivity contribution in [1.29, 1.82) is 0 Å². The molecule has 0 aliphatic rings. The predicted molar refractivity (Wildman–Crippen MR) is 98.9 cm³/mol. The maximum absolute atomic E-state index is 13.1. The third kappa shape index (κ3) is 5.58. The summed E-state index contributed by atoms with van der Waals surface area (Å²) in [6.07, 6.45) is 0.749. The molecule has 0 fully saturated rings. The fraction of sp³-hybridized carbons (Fsp3) is 0.300. The lowest BCUT2D eigenvalue weighted by atomic mass is 10.1. The quantitative estimate of drug-likeness (QED) is 0.708. The van der Waals surface area contributed by atoms with Crippen LogP contribution in [0, 0.1) is 12.7 Å². The number of hydrogen-bond acceptors (Lipinski definition) is 3. The number of anilines is 1. The Morgan fingerprint density at radius 1 is 1.15 bits per heavy atom. The maximum Gasteiger partial charge on any atom is 0.255 e. The van der Waals surface area contributed by atoms with E-state index in [4.69, 9.17) is 4.74 Å². The molecule has 26 heavy (non-hydrogen) atoms. The predicted octanol–water partition coefficient (Wildman–Crippen LogP) is 3.68. The van der Waals surface area contributed by atoms with Gasteiger partial charge in [-0.25, -0.2) is 4.39 Å². The molecule has 0 bridgehead atoms. The van der Waals surface area contributed by atoms with Gasteiger partial charge >= 0.3 is 0 Å². The first kappa shape index (κ1) is 19.4. The van der Waals surface area contributed by atoms with Gasteiger partial charge in [0.15, 0.2) is 0 Å². The van der Waals surface area contributed by atoms with Crippen LogP contribution in [-0.4, -0.2) is 25.0 Å². The first-order valence-corrected chi connectivity index (χ1v) is 8.57. The van der Waals surface area contributed by atoms with Crippen LogP contribution in [0.1, 0.15) is 35.7 Å². The largest absolute Gasteiger partial charge is 0.493 e. The molecule has 0 unspecified atom stereocenters. The molecule has 0 saturated carbocycles. The molecule has 138 valence electrons. The molecule has 0 radical (unpaired) electrons. The van der Waals surface area contributed by atoms with E-state index in [0.29, 0.717) is 42.1 Å². The second-order valence-electron chi connectivity index (χ2n) is 5.80. The number of benzene rings is 2. The van der Waals surface area contributed by atoms with Crippen LogP contribution in [0.3, 0.4) is 0 Å². The Kier molecular flexibility index (Phi) is 7.14. The van der Waals surface area contributed by atoms with Crippen LogP contribution in [0.25, 0.3) is 0 Å². The second-order valence-corrected chi connectivity index (χ2v) is 5.80. The lowest BCUT2D eigenvalue weighted by Gasteiger charge is -2.11. The SMILES string of the molecule is CCOc1ccccc1C(=O)NCCCC(=O)Nc1ccc(F)cc1C. The molecular weight excluding hydrogens is 335 g/mol. The van der Waals surface area contributed by atoms with Crippen molar-refractivity contribution in [3.05, 3.63) is 59.4 Å². The molecule has 0 aromatic heterocycles. The molecule has 0 atom stereocenters. The summed E-state index contributed by atoms with van der Waals surface area (Å²) in [7, 11) is 0. The summed E-state index contributed by atoms with van der Waals surface area (Å²) < 4.78 is 18.5. The number of nitrogens with one attached hydrogen (secondary N) is 2. The molecule has 0 aliphatic carbocycles. The molecule has 2 N–H and O–H groups in total. The summed E-state index contributed by atoms with van der Waals surface area (Å²) >= 11 is 0. The summed E-state index contributed by atoms with van der Waals surface area (Å²) in [5.74, 6) is -0.208. The average Bonchev–Trinajstić information content (AvgIpc) is 2.62. The van der Waals surface area contributed by atoms with Gasteiger partial charge in [0, 0.05) is 18.7 Å². The van der Waals surface area contributed by atoms with Crippen LogP contribution >= 0.6 is 0 Å². The Morgan fingerprint density at radius 3 is 2.65 bits per heavy atom.